The molecule has 3 rings (SSSR count). The number of amides is 2. The fourth-order valence-electron chi connectivity index (χ4n) is 3.40. The van der Waals surface area contributed by atoms with Crippen LogP contribution in [-0.4, -0.2) is 39.4 Å². The van der Waals surface area contributed by atoms with Crippen molar-refractivity contribution in [2.75, 3.05) is 13.1 Å². The molecule has 0 spiro atoms. The molecule has 0 aliphatic carbocycles. The predicted octanol–water partition coefficient (Wildman–Crippen LogP) is 1.83. The number of carbonyl (C=O) groups excluding carboxylic acids is 2. The fourth-order valence-corrected chi connectivity index (χ4v) is 3.40. The standard InChI is InChI=1S/C18H22N4O2/c1-12-10-16(13(2)22(12)15-4-3-7-20-11-15)18(24)21-8-5-14(6-9-21)17(19)23/h3-4,7,10-11,14H,5-6,8-9H2,1-2H3,(H2,19,23). The van der Waals surface area contributed by atoms with Crippen LogP contribution in [0.1, 0.15) is 34.6 Å². The Labute approximate surface area is 141 Å². The normalized spacial score (nSPS) is 15.5. The number of hydrogen-bond donors (Lipinski definition) is 1. The maximum Gasteiger partial charge on any atom is 0.255 e. The highest BCUT2D eigenvalue weighted by atomic mass is 16.2. The topological polar surface area (TPSA) is 81.2 Å². The molecule has 1 aliphatic rings. The molecular formula is C18H22N4O2. The van der Waals surface area contributed by atoms with Crippen molar-refractivity contribution in [1.29, 1.82) is 0 Å². The first-order valence-corrected chi connectivity index (χ1v) is 8.17. The van der Waals surface area contributed by atoms with E-state index in [0.29, 0.717) is 31.5 Å². The van der Waals surface area contributed by atoms with Crippen LogP contribution in [0.25, 0.3) is 5.69 Å². The van der Waals surface area contributed by atoms with Crippen LogP contribution >= 0.6 is 0 Å². The first-order chi connectivity index (χ1) is 11.5. The smallest absolute Gasteiger partial charge is 0.255 e. The van der Waals surface area contributed by atoms with Gasteiger partial charge in [0.05, 0.1) is 17.4 Å². The van der Waals surface area contributed by atoms with E-state index in [0.717, 1.165) is 17.1 Å². The van der Waals surface area contributed by atoms with Crippen molar-refractivity contribution in [1.82, 2.24) is 14.5 Å². The second-order valence-electron chi connectivity index (χ2n) is 6.30. The number of aryl methyl sites for hydroxylation is 1. The number of hydrogen-bond acceptors (Lipinski definition) is 3. The van der Waals surface area contributed by atoms with Crippen LogP contribution in [0.15, 0.2) is 30.6 Å². The van der Waals surface area contributed by atoms with Gasteiger partial charge in [-0.15, -0.1) is 0 Å². The largest absolute Gasteiger partial charge is 0.369 e. The molecule has 3 heterocycles. The van der Waals surface area contributed by atoms with Gasteiger partial charge in [0.25, 0.3) is 5.91 Å². The first kappa shape index (κ1) is 16.2. The van der Waals surface area contributed by atoms with Crippen molar-refractivity contribution < 1.29 is 9.59 Å². The molecule has 6 heteroatoms. The Bertz CT molecular complexity index is 759. The van der Waals surface area contributed by atoms with Gasteiger partial charge in [-0.2, -0.15) is 0 Å². The number of nitrogens with two attached hydrogens (primary N) is 1. The van der Waals surface area contributed by atoms with Crippen molar-refractivity contribution >= 4 is 11.8 Å². The van der Waals surface area contributed by atoms with Crippen LogP contribution in [0, 0.1) is 19.8 Å². The van der Waals surface area contributed by atoms with E-state index in [4.69, 9.17) is 5.73 Å². The number of likely N-dealkylation sites (tertiary alicyclic amines) is 1. The average molecular weight is 326 g/mol. The molecule has 0 unspecified atom stereocenters. The summed E-state index contributed by atoms with van der Waals surface area (Å²) in [4.78, 5) is 30.1. The van der Waals surface area contributed by atoms with E-state index in [1.165, 1.54) is 0 Å². The van der Waals surface area contributed by atoms with Gasteiger partial charge in [0.15, 0.2) is 0 Å². The highest BCUT2D eigenvalue weighted by molar-refractivity contribution is 5.96. The molecule has 0 bridgehead atoms. The Hall–Kier alpha value is -2.63. The Morgan fingerprint density at radius 2 is 1.96 bits per heavy atom. The minimum absolute atomic E-state index is 0.0150. The van der Waals surface area contributed by atoms with Crippen LogP contribution in [0.3, 0.4) is 0 Å². The Morgan fingerprint density at radius 3 is 2.54 bits per heavy atom. The van der Waals surface area contributed by atoms with Gasteiger partial charge in [0, 0.05) is 36.6 Å². The van der Waals surface area contributed by atoms with Crippen molar-refractivity contribution in [2.45, 2.75) is 26.7 Å². The van der Waals surface area contributed by atoms with Crippen molar-refractivity contribution in [2.24, 2.45) is 11.7 Å². The number of piperidine rings is 1. The summed E-state index contributed by atoms with van der Waals surface area (Å²) in [6.45, 7) is 5.07. The second-order valence-corrected chi connectivity index (χ2v) is 6.30. The van der Waals surface area contributed by atoms with Crippen LogP contribution in [0.2, 0.25) is 0 Å². The average Bonchev–Trinajstić information content (AvgIpc) is 2.89. The lowest BCUT2D eigenvalue weighted by Gasteiger charge is -2.30. The number of primary amides is 1. The van der Waals surface area contributed by atoms with Crippen LogP contribution in [0.5, 0.6) is 0 Å². The summed E-state index contributed by atoms with van der Waals surface area (Å²) in [6.07, 6.45) is 4.80. The van der Waals surface area contributed by atoms with E-state index >= 15 is 0 Å². The summed E-state index contributed by atoms with van der Waals surface area (Å²) in [7, 11) is 0. The van der Waals surface area contributed by atoms with E-state index in [9.17, 15) is 9.59 Å². The summed E-state index contributed by atoms with van der Waals surface area (Å²) in [5, 5.41) is 0. The molecule has 6 nitrogen and oxygen atoms in total. The molecule has 24 heavy (non-hydrogen) atoms. The zero-order valence-corrected chi connectivity index (χ0v) is 14.0. The van der Waals surface area contributed by atoms with Gasteiger partial charge in [-0.3, -0.25) is 14.6 Å². The first-order valence-electron chi connectivity index (χ1n) is 8.17. The Morgan fingerprint density at radius 1 is 1.25 bits per heavy atom. The van der Waals surface area contributed by atoms with Crippen molar-refractivity contribution in [3.8, 4) is 5.69 Å². The molecule has 0 saturated carbocycles. The highest BCUT2D eigenvalue weighted by Crippen LogP contribution is 2.24. The predicted molar refractivity (Wildman–Crippen MR) is 90.9 cm³/mol. The van der Waals surface area contributed by atoms with E-state index in [1.54, 1.807) is 12.4 Å². The van der Waals surface area contributed by atoms with E-state index in [-0.39, 0.29) is 17.7 Å². The SMILES string of the molecule is Cc1cc(C(=O)N2CCC(C(N)=O)CC2)c(C)n1-c1cccnc1. The van der Waals surface area contributed by atoms with E-state index in [2.05, 4.69) is 4.98 Å². The molecule has 1 fully saturated rings. The molecule has 0 aromatic carbocycles. The molecule has 1 saturated heterocycles. The summed E-state index contributed by atoms with van der Waals surface area (Å²) in [6, 6.07) is 5.77. The van der Waals surface area contributed by atoms with E-state index in [1.807, 2.05) is 41.5 Å². The molecule has 1 aliphatic heterocycles. The zero-order valence-electron chi connectivity index (χ0n) is 14.0. The highest BCUT2D eigenvalue weighted by Gasteiger charge is 2.28. The third-order valence-corrected chi connectivity index (χ3v) is 4.75. The number of aromatic nitrogens is 2. The third kappa shape index (κ3) is 2.91. The molecular weight excluding hydrogens is 304 g/mol. The van der Waals surface area contributed by atoms with Gasteiger partial charge in [-0.25, -0.2) is 0 Å². The lowest BCUT2D eigenvalue weighted by Crippen LogP contribution is -2.41. The molecule has 2 aromatic heterocycles. The van der Waals surface area contributed by atoms with Gasteiger partial charge in [0.1, 0.15) is 0 Å². The van der Waals surface area contributed by atoms with Crippen LogP contribution in [0.4, 0.5) is 0 Å². The molecule has 126 valence electrons. The number of carbonyl (C=O) groups is 2. The van der Waals surface area contributed by atoms with Gasteiger partial charge < -0.3 is 15.2 Å². The van der Waals surface area contributed by atoms with Gasteiger partial charge in [-0.05, 0) is 44.9 Å². The molecule has 0 atom stereocenters. The number of pyridine rings is 1. The van der Waals surface area contributed by atoms with Crippen molar-refractivity contribution in [3.63, 3.8) is 0 Å². The van der Waals surface area contributed by atoms with Gasteiger partial charge >= 0.3 is 0 Å². The fraction of sp³-hybridized carbons (Fsp3) is 0.389. The maximum absolute atomic E-state index is 12.9. The van der Waals surface area contributed by atoms with Crippen LogP contribution < -0.4 is 5.73 Å². The molecule has 2 amide bonds. The summed E-state index contributed by atoms with van der Waals surface area (Å²) < 4.78 is 2.04. The Kier molecular flexibility index (Phi) is 4.38. The van der Waals surface area contributed by atoms with Crippen molar-refractivity contribution in [3.05, 3.63) is 47.5 Å². The summed E-state index contributed by atoms with van der Waals surface area (Å²) in [5.41, 5.74) is 8.91. The minimum atomic E-state index is -0.267. The molecule has 2 aromatic rings. The lowest BCUT2D eigenvalue weighted by atomic mass is 9.96. The van der Waals surface area contributed by atoms with E-state index < -0.39 is 0 Å². The third-order valence-electron chi connectivity index (χ3n) is 4.75. The molecule has 0 radical (unpaired) electrons. The number of rotatable bonds is 3. The summed E-state index contributed by atoms with van der Waals surface area (Å²) >= 11 is 0. The molecule has 2 N–H and O–H groups in total. The van der Waals surface area contributed by atoms with Crippen LogP contribution in [-0.2, 0) is 4.79 Å². The Balaban J connectivity index is 1.83. The second kappa shape index (κ2) is 6.47. The summed E-state index contributed by atoms with van der Waals surface area (Å²) in [5.74, 6) is -0.366. The lowest BCUT2D eigenvalue weighted by molar-refractivity contribution is -0.123. The minimum Gasteiger partial charge on any atom is -0.369 e. The van der Waals surface area contributed by atoms with Gasteiger partial charge in [-0.1, -0.05) is 0 Å². The monoisotopic (exact) mass is 326 g/mol. The maximum atomic E-state index is 12.9. The zero-order chi connectivity index (χ0) is 17.3. The quantitative estimate of drug-likeness (QED) is 0.934. The number of nitrogens with zero attached hydrogens (tertiary/aromatic N) is 3. The van der Waals surface area contributed by atoms with Gasteiger partial charge in [0.2, 0.25) is 5.91 Å².